The number of halogens is 1. The fraction of sp³-hybridized carbons (Fsp3) is 0.176. The maximum atomic E-state index is 5.90. The number of nitrogens with one attached hydrogen (secondary N) is 1. The van der Waals surface area contributed by atoms with Crippen LogP contribution >= 0.6 is 11.6 Å². The van der Waals surface area contributed by atoms with Crippen LogP contribution in [0.2, 0.25) is 5.02 Å². The van der Waals surface area contributed by atoms with Crippen LogP contribution < -0.4 is 5.32 Å². The molecule has 0 amide bonds. The van der Waals surface area contributed by atoms with Crippen molar-refractivity contribution in [3.05, 3.63) is 64.9 Å². The van der Waals surface area contributed by atoms with Gasteiger partial charge in [0, 0.05) is 17.0 Å². The molecule has 3 nitrogen and oxygen atoms in total. The van der Waals surface area contributed by atoms with Crippen molar-refractivity contribution in [1.82, 2.24) is 9.97 Å². The van der Waals surface area contributed by atoms with Gasteiger partial charge in [0.05, 0.1) is 5.52 Å². The van der Waals surface area contributed by atoms with Crippen LogP contribution in [0, 0.1) is 0 Å². The topological polar surface area (TPSA) is 37.8 Å². The van der Waals surface area contributed by atoms with Gasteiger partial charge in [-0.2, -0.15) is 0 Å². The van der Waals surface area contributed by atoms with Crippen molar-refractivity contribution in [1.29, 1.82) is 0 Å². The summed E-state index contributed by atoms with van der Waals surface area (Å²) >= 11 is 5.90. The Balaban J connectivity index is 1.87. The maximum absolute atomic E-state index is 5.90. The zero-order valence-electron chi connectivity index (χ0n) is 11.8. The first-order valence-electron chi connectivity index (χ1n) is 6.98. The summed E-state index contributed by atoms with van der Waals surface area (Å²) in [7, 11) is 0. The second-order valence-electron chi connectivity index (χ2n) is 4.91. The average Bonchev–Trinajstić information content (AvgIpc) is 2.54. The summed E-state index contributed by atoms with van der Waals surface area (Å²) in [4.78, 5) is 8.68. The van der Waals surface area contributed by atoms with E-state index in [2.05, 4.69) is 34.3 Å². The fourth-order valence-electron chi connectivity index (χ4n) is 2.25. The van der Waals surface area contributed by atoms with Crippen molar-refractivity contribution in [2.24, 2.45) is 0 Å². The van der Waals surface area contributed by atoms with Crippen LogP contribution in [0.1, 0.15) is 18.1 Å². The van der Waals surface area contributed by atoms with E-state index in [0.717, 1.165) is 33.7 Å². The van der Waals surface area contributed by atoms with Gasteiger partial charge in [-0.15, -0.1) is 0 Å². The number of aromatic nitrogens is 2. The number of hydrogen-bond acceptors (Lipinski definition) is 3. The number of rotatable bonds is 4. The summed E-state index contributed by atoms with van der Waals surface area (Å²) in [5.74, 6) is 0.866. The lowest BCUT2D eigenvalue weighted by atomic mass is 10.1. The van der Waals surface area contributed by atoms with E-state index in [-0.39, 0.29) is 0 Å². The van der Waals surface area contributed by atoms with Gasteiger partial charge in [-0.1, -0.05) is 36.7 Å². The Hall–Kier alpha value is -2.13. The molecular formula is C17H16ClN3. The highest BCUT2D eigenvalue weighted by Crippen LogP contribution is 2.21. The van der Waals surface area contributed by atoms with Crippen molar-refractivity contribution < 1.29 is 0 Å². The van der Waals surface area contributed by atoms with Crippen LogP contribution in [-0.4, -0.2) is 9.97 Å². The number of fused-ring (bicyclic) bond motifs is 1. The van der Waals surface area contributed by atoms with Gasteiger partial charge in [0.15, 0.2) is 0 Å². The zero-order valence-corrected chi connectivity index (χ0v) is 12.6. The zero-order chi connectivity index (χ0) is 14.7. The monoisotopic (exact) mass is 297 g/mol. The molecule has 0 fully saturated rings. The summed E-state index contributed by atoms with van der Waals surface area (Å²) in [5, 5.41) is 5.19. The summed E-state index contributed by atoms with van der Waals surface area (Å²) < 4.78 is 0. The predicted molar refractivity (Wildman–Crippen MR) is 87.7 cm³/mol. The predicted octanol–water partition coefficient (Wildman–Crippen LogP) is 4.46. The highest BCUT2D eigenvalue weighted by Gasteiger charge is 2.04. The average molecular weight is 298 g/mol. The Morgan fingerprint density at radius 2 is 1.76 bits per heavy atom. The van der Waals surface area contributed by atoms with Gasteiger partial charge < -0.3 is 5.32 Å². The van der Waals surface area contributed by atoms with Gasteiger partial charge in [0.2, 0.25) is 0 Å². The summed E-state index contributed by atoms with van der Waals surface area (Å²) in [5.41, 5.74) is 3.41. The largest absolute Gasteiger partial charge is 0.365 e. The van der Waals surface area contributed by atoms with Gasteiger partial charge in [-0.3, -0.25) is 0 Å². The second-order valence-corrected chi connectivity index (χ2v) is 5.34. The molecule has 1 heterocycles. The quantitative estimate of drug-likeness (QED) is 0.772. The van der Waals surface area contributed by atoms with Gasteiger partial charge in [0.1, 0.15) is 12.1 Å². The molecule has 0 aliphatic carbocycles. The molecule has 2 aromatic carbocycles. The molecule has 1 aromatic heterocycles. The van der Waals surface area contributed by atoms with Crippen LogP contribution in [0.4, 0.5) is 5.82 Å². The van der Waals surface area contributed by atoms with E-state index in [9.17, 15) is 0 Å². The summed E-state index contributed by atoms with van der Waals surface area (Å²) in [6, 6.07) is 14.1. The van der Waals surface area contributed by atoms with Gasteiger partial charge in [-0.25, -0.2) is 9.97 Å². The van der Waals surface area contributed by atoms with E-state index in [4.69, 9.17) is 11.6 Å². The van der Waals surface area contributed by atoms with Crippen molar-refractivity contribution in [2.45, 2.75) is 19.9 Å². The molecule has 0 saturated carbocycles. The molecule has 3 rings (SSSR count). The first kappa shape index (κ1) is 13.8. The summed E-state index contributed by atoms with van der Waals surface area (Å²) in [6.07, 6.45) is 2.60. The van der Waals surface area contributed by atoms with Crippen molar-refractivity contribution in [2.75, 3.05) is 5.32 Å². The minimum atomic E-state index is 0.708. The number of benzene rings is 2. The third-order valence-corrected chi connectivity index (χ3v) is 3.73. The molecule has 106 valence electrons. The molecule has 3 aromatic rings. The lowest BCUT2D eigenvalue weighted by Crippen LogP contribution is -2.02. The minimum Gasteiger partial charge on any atom is -0.365 e. The molecule has 0 aliphatic rings. The Bertz CT molecular complexity index is 754. The minimum absolute atomic E-state index is 0.708. The Kier molecular flexibility index (Phi) is 4.02. The summed E-state index contributed by atoms with van der Waals surface area (Å²) in [6.45, 7) is 2.85. The van der Waals surface area contributed by atoms with Gasteiger partial charge in [-0.05, 0) is 41.8 Å². The number of aryl methyl sites for hydroxylation is 1. The lowest BCUT2D eigenvalue weighted by Gasteiger charge is -2.09. The third kappa shape index (κ3) is 3.14. The Morgan fingerprint density at radius 3 is 2.52 bits per heavy atom. The molecular weight excluding hydrogens is 282 g/mol. The number of nitrogens with zero attached hydrogens (tertiary/aromatic N) is 2. The molecule has 0 unspecified atom stereocenters. The number of anilines is 1. The first-order chi connectivity index (χ1) is 10.3. The van der Waals surface area contributed by atoms with E-state index in [1.807, 2.05) is 30.3 Å². The second kappa shape index (κ2) is 6.10. The van der Waals surface area contributed by atoms with E-state index in [1.54, 1.807) is 6.33 Å². The number of hydrogen-bond donors (Lipinski definition) is 1. The van der Waals surface area contributed by atoms with Crippen molar-refractivity contribution in [3.63, 3.8) is 0 Å². The van der Waals surface area contributed by atoms with E-state index < -0.39 is 0 Å². The van der Waals surface area contributed by atoms with Crippen LogP contribution in [0.5, 0.6) is 0 Å². The SMILES string of the molecule is CCc1ccc2ncnc(NCc3ccc(Cl)cc3)c2c1. The van der Waals surface area contributed by atoms with Crippen LogP contribution in [0.25, 0.3) is 10.9 Å². The highest BCUT2D eigenvalue weighted by atomic mass is 35.5. The fourth-order valence-corrected chi connectivity index (χ4v) is 2.38. The lowest BCUT2D eigenvalue weighted by molar-refractivity contribution is 1.10. The van der Waals surface area contributed by atoms with Crippen LogP contribution in [0.15, 0.2) is 48.8 Å². The molecule has 0 atom stereocenters. The van der Waals surface area contributed by atoms with E-state index in [0.29, 0.717) is 6.54 Å². The molecule has 0 radical (unpaired) electrons. The van der Waals surface area contributed by atoms with Crippen LogP contribution in [0.3, 0.4) is 0 Å². The first-order valence-corrected chi connectivity index (χ1v) is 7.36. The molecule has 0 saturated heterocycles. The highest BCUT2D eigenvalue weighted by molar-refractivity contribution is 6.30. The molecule has 21 heavy (non-hydrogen) atoms. The molecule has 0 aliphatic heterocycles. The maximum Gasteiger partial charge on any atom is 0.137 e. The third-order valence-electron chi connectivity index (χ3n) is 3.48. The van der Waals surface area contributed by atoms with Gasteiger partial charge in [0.25, 0.3) is 0 Å². The van der Waals surface area contributed by atoms with Crippen molar-refractivity contribution >= 4 is 28.3 Å². The Morgan fingerprint density at radius 1 is 1.00 bits per heavy atom. The normalized spacial score (nSPS) is 10.8. The van der Waals surface area contributed by atoms with E-state index in [1.165, 1.54) is 5.56 Å². The molecule has 1 N–H and O–H groups in total. The van der Waals surface area contributed by atoms with Gasteiger partial charge >= 0.3 is 0 Å². The standard InChI is InChI=1S/C17H16ClN3/c1-2-12-5-8-16-15(9-12)17(21-11-20-16)19-10-13-3-6-14(18)7-4-13/h3-9,11H,2,10H2,1H3,(H,19,20,21). The van der Waals surface area contributed by atoms with Crippen molar-refractivity contribution in [3.8, 4) is 0 Å². The Labute approximate surface area is 129 Å². The van der Waals surface area contributed by atoms with Crippen LogP contribution in [-0.2, 0) is 13.0 Å². The van der Waals surface area contributed by atoms with E-state index >= 15 is 0 Å². The molecule has 4 heteroatoms. The molecule has 0 bridgehead atoms. The molecule has 0 spiro atoms. The smallest absolute Gasteiger partial charge is 0.137 e.